The Labute approximate surface area is 130 Å². The average Bonchev–Trinajstić information content (AvgIpc) is 2.40. The summed E-state index contributed by atoms with van der Waals surface area (Å²) in [5.41, 5.74) is 0. The lowest BCUT2D eigenvalue weighted by Crippen LogP contribution is -2.04. The summed E-state index contributed by atoms with van der Waals surface area (Å²) in [7, 11) is 0. The van der Waals surface area contributed by atoms with Gasteiger partial charge in [-0.05, 0) is 24.6 Å². The summed E-state index contributed by atoms with van der Waals surface area (Å²) in [5, 5.41) is 4.48. The molecule has 0 aliphatic carbocycles. The van der Waals surface area contributed by atoms with Gasteiger partial charge < -0.3 is 5.32 Å². The quantitative estimate of drug-likeness (QED) is 0.774. The standard InChI is InChI=1S/C13H13BrClN3S/c1-2-6-16-13-17-8-11(15)12(18-13)19-10-5-3-4-9(14)7-10/h3-5,7-8H,2,6H2,1H3,(H,16,17,18). The van der Waals surface area contributed by atoms with E-state index in [-0.39, 0.29) is 0 Å². The van der Waals surface area contributed by atoms with E-state index < -0.39 is 0 Å². The summed E-state index contributed by atoms with van der Waals surface area (Å²) in [6.07, 6.45) is 2.66. The highest BCUT2D eigenvalue weighted by Gasteiger charge is 2.07. The van der Waals surface area contributed by atoms with Crippen molar-refractivity contribution in [2.24, 2.45) is 0 Å². The Bertz CT molecular complexity index is 565. The molecule has 0 aliphatic heterocycles. The smallest absolute Gasteiger partial charge is 0.223 e. The molecule has 3 nitrogen and oxygen atoms in total. The van der Waals surface area contributed by atoms with Gasteiger partial charge in [0, 0.05) is 15.9 Å². The van der Waals surface area contributed by atoms with Crippen molar-refractivity contribution in [2.75, 3.05) is 11.9 Å². The number of hydrogen-bond donors (Lipinski definition) is 1. The van der Waals surface area contributed by atoms with E-state index in [1.807, 2.05) is 24.3 Å². The first-order valence-electron chi connectivity index (χ1n) is 5.89. The van der Waals surface area contributed by atoms with Gasteiger partial charge in [0.15, 0.2) is 0 Å². The third-order valence-corrected chi connectivity index (χ3v) is 4.13. The topological polar surface area (TPSA) is 37.8 Å². The molecule has 100 valence electrons. The van der Waals surface area contributed by atoms with Crippen LogP contribution in [0.5, 0.6) is 0 Å². The van der Waals surface area contributed by atoms with Gasteiger partial charge in [0.25, 0.3) is 0 Å². The molecule has 1 aromatic heterocycles. The van der Waals surface area contributed by atoms with Crippen LogP contribution < -0.4 is 5.32 Å². The molecule has 0 fully saturated rings. The third kappa shape index (κ3) is 4.37. The number of halogens is 2. The van der Waals surface area contributed by atoms with Crippen molar-refractivity contribution in [1.82, 2.24) is 9.97 Å². The highest BCUT2D eigenvalue weighted by molar-refractivity contribution is 9.10. The van der Waals surface area contributed by atoms with Crippen LogP contribution in [0, 0.1) is 0 Å². The molecular formula is C13H13BrClN3S. The lowest BCUT2D eigenvalue weighted by Gasteiger charge is -2.07. The Morgan fingerprint density at radius 2 is 2.26 bits per heavy atom. The zero-order valence-corrected chi connectivity index (χ0v) is 13.5. The molecule has 0 bridgehead atoms. The predicted octanol–water partition coefficient (Wildman–Crippen LogP) is 4.87. The summed E-state index contributed by atoms with van der Waals surface area (Å²) in [5.74, 6) is 0.615. The molecule has 2 rings (SSSR count). The molecule has 2 aromatic rings. The lowest BCUT2D eigenvalue weighted by atomic mass is 10.4. The lowest BCUT2D eigenvalue weighted by molar-refractivity contribution is 0.935. The Balaban J connectivity index is 2.19. The maximum absolute atomic E-state index is 6.13. The minimum Gasteiger partial charge on any atom is -0.354 e. The van der Waals surface area contributed by atoms with Gasteiger partial charge in [-0.15, -0.1) is 0 Å². The molecule has 0 aliphatic rings. The normalized spacial score (nSPS) is 10.5. The Morgan fingerprint density at radius 1 is 1.42 bits per heavy atom. The molecule has 1 aromatic carbocycles. The van der Waals surface area contributed by atoms with Crippen molar-refractivity contribution >= 4 is 45.2 Å². The maximum Gasteiger partial charge on any atom is 0.223 e. The van der Waals surface area contributed by atoms with Crippen LogP contribution in [0.4, 0.5) is 5.95 Å². The van der Waals surface area contributed by atoms with Crippen molar-refractivity contribution in [1.29, 1.82) is 0 Å². The van der Waals surface area contributed by atoms with Gasteiger partial charge in [0.1, 0.15) is 5.03 Å². The molecule has 0 radical (unpaired) electrons. The molecule has 6 heteroatoms. The van der Waals surface area contributed by atoms with Crippen molar-refractivity contribution in [3.63, 3.8) is 0 Å². The summed E-state index contributed by atoms with van der Waals surface area (Å²) < 4.78 is 1.03. The van der Waals surface area contributed by atoms with Gasteiger partial charge in [-0.1, -0.05) is 52.3 Å². The summed E-state index contributed by atoms with van der Waals surface area (Å²) in [6, 6.07) is 8.02. The summed E-state index contributed by atoms with van der Waals surface area (Å²) >= 11 is 11.1. The van der Waals surface area contributed by atoms with Gasteiger partial charge >= 0.3 is 0 Å². The van der Waals surface area contributed by atoms with E-state index in [1.54, 1.807) is 6.20 Å². The predicted molar refractivity (Wildman–Crippen MR) is 84.1 cm³/mol. The van der Waals surface area contributed by atoms with Crippen LogP contribution in [0.2, 0.25) is 5.02 Å². The largest absolute Gasteiger partial charge is 0.354 e. The third-order valence-electron chi connectivity index (χ3n) is 2.26. The zero-order valence-electron chi connectivity index (χ0n) is 10.4. The second-order valence-corrected chi connectivity index (χ2v) is 6.22. The molecule has 0 amide bonds. The second kappa shape index (κ2) is 7.12. The van der Waals surface area contributed by atoms with E-state index in [2.05, 4.69) is 38.1 Å². The van der Waals surface area contributed by atoms with Gasteiger partial charge in [-0.2, -0.15) is 0 Å². The molecule has 0 saturated heterocycles. The zero-order chi connectivity index (χ0) is 13.7. The van der Waals surface area contributed by atoms with Crippen LogP contribution in [-0.2, 0) is 0 Å². The highest BCUT2D eigenvalue weighted by Crippen LogP contribution is 2.32. The molecule has 0 spiro atoms. The van der Waals surface area contributed by atoms with E-state index in [4.69, 9.17) is 11.6 Å². The van der Waals surface area contributed by atoms with E-state index >= 15 is 0 Å². The number of aromatic nitrogens is 2. The van der Waals surface area contributed by atoms with Gasteiger partial charge in [0.2, 0.25) is 5.95 Å². The fourth-order valence-corrected chi connectivity index (χ4v) is 2.98. The number of rotatable bonds is 5. The van der Waals surface area contributed by atoms with Crippen molar-refractivity contribution in [3.8, 4) is 0 Å². The first-order chi connectivity index (χ1) is 9.19. The van der Waals surface area contributed by atoms with Crippen LogP contribution in [-0.4, -0.2) is 16.5 Å². The van der Waals surface area contributed by atoms with Gasteiger partial charge in [-0.25, -0.2) is 9.97 Å². The first-order valence-corrected chi connectivity index (χ1v) is 7.87. The molecule has 0 atom stereocenters. The minimum atomic E-state index is 0.562. The van der Waals surface area contributed by atoms with E-state index in [9.17, 15) is 0 Å². The van der Waals surface area contributed by atoms with Crippen molar-refractivity contribution in [3.05, 3.63) is 40.0 Å². The Morgan fingerprint density at radius 3 is 3.00 bits per heavy atom. The molecule has 1 N–H and O–H groups in total. The average molecular weight is 359 g/mol. The molecule has 1 heterocycles. The Kier molecular flexibility index (Phi) is 5.48. The molecule has 19 heavy (non-hydrogen) atoms. The van der Waals surface area contributed by atoms with Crippen LogP contribution in [0.25, 0.3) is 0 Å². The number of nitrogens with zero attached hydrogens (tertiary/aromatic N) is 2. The number of nitrogens with one attached hydrogen (secondary N) is 1. The SMILES string of the molecule is CCCNc1ncc(Cl)c(Sc2cccc(Br)c2)n1. The Hall–Kier alpha value is -0.780. The highest BCUT2D eigenvalue weighted by atomic mass is 79.9. The minimum absolute atomic E-state index is 0.562. The molecule has 0 saturated carbocycles. The molecular weight excluding hydrogens is 346 g/mol. The van der Waals surface area contributed by atoms with Crippen LogP contribution >= 0.6 is 39.3 Å². The van der Waals surface area contributed by atoms with Crippen molar-refractivity contribution in [2.45, 2.75) is 23.3 Å². The van der Waals surface area contributed by atoms with E-state index in [0.717, 1.165) is 27.4 Å². The maximum atomic E-state index is 6.13. The fraction of sp³-hybridized carbons (Fsp3) is 0.231. The number of hydrogen-bond acceptors (Lipinski definition) is 4. The summed E-state index contributed by atoms with van der Waals surface area (Å²) in [6.45, 7) is 2.95. The number of anilines is 1. The monoisotopic (exact) mass is 357 g/mol. The van der Waals surface area contributed by atoms with Crippen molar-refractivity contribution < 1.29 is 0 Å². The first kappa shape index (κ1) is 14.6. The van der Waals surface area contributed by atoms with Crippen LogP contribution in [0.15, 0.2) is 44.9 Å². The second-order valence-electron chi connectivity index (χ2n) is 3.83. The number of benzene rings is 1. The fourth-order valence-electron chi connectivity index (χ4n) is 1.39. The van der Waals surface area contributed by atoms with Gasteiger partial charge in [-0.3, -0.25) is 0 Å². The van der Waals surface area contributed by atoms with Crippen LogP contribution in [0.3, 0.4) is 0 Å². The van der Waals surface area contributed by atoms with Crippen LogP contribution in [0.1, 0.15) is 13.3 Å². The van der Waals surface area contributed by atoms with E-state index in [1.165, 1.54) is 11.8 Å². The summed E-state index contributed by atoms with van der Waals surface area (Å²) in [4.78, 5) is 9.67. The molecule has 0 unspecified atom stereocenters. The van der Waals surface area contributed by atoms with Gasteiger partial charge in [0.05, 0.1) is 11.2 Å². The van der Waals surface area contributed by atoms with E-state index in [0.29, 0.717) is 11.0 Å².